The van der Waals surface area contributed by atoms with E-state index in [1.165, 1.54) is 12.0 Å². The highest BCUT2D eigenvalue weighted by Gasteiger charge is 2.18. The summed E-state index contributed by atoms with van der Waals surface area (Å²) in [7, 11) is 0. The summed E-state index contributed by atoms with van der Waals surface area (Å²) in [4.78, 5) is 0. The molecule has 1 aliphatic rings. The van der Waals surface area contributed by atoms with Crippen LogP contribution in [0.3, 0.4) is 0 Å². The van der Waals surface area contributed by atoms with E-state index in [2.05, 4.69) is 17.4 Å². The lowest BCUT2D eigenvalue weighted by Crippen LogP contribution is -2.12. The minimum atomic E-state index is 0. The Labute approximate surface area is 160 Å². The highest BCUT2D eigenvalue weighted by molar-refractivity contribution is 5.85. The topological polar surface area (TPSA) is 30.5 Å². The number of para-hydroxylation sites is 2. The van der Waals surface area contributed by atoms with Gasteiger partial charge in [0.05, 0.1) is 0 Å². The molecule has 0 amide bonds. The van der Waals surface area contributed by atoms with Crippen molar-refractivity contribution < 1.29 is 9.47 Å². The maximum absolute atomic E-state index is 6.13. The molecule has 134 valence electrons. The summed E-state index contributed by atoms with van der Waals surface area (Å²) in [5.41, 5.74) is 1.24. The number of halogens is 1. The summed E-state index contributed by atoms with van der Waals surface area (Å²) in [6.45, 7) is 1.07. The van der Waals surface area contributed by atoms with E-state index in [1.54, 1.807) is 0 Å². The summed E-state index contributed by atoms with van der Waals surface area (Å²) >= 11 is 0. The predicted molar refractivity (Wildman–Crippen MR) is 107 cm³/mol. The molecule has 1 atom stereocenters. The highest BCUT2D eigenvalue weighted by atomic mass is 35.5. The summed E-state index contributed by atoms with van der Waals surface area (Å²) < 4.78 is 12.2. The van der Waals surface area contributed by atoms with Crippen LogP contribution in [0.1, 0.15) is 24.4 Å². The maximum atomic E-state index is 6.13. The van der Waals surface area contributed by atoms with Crippen LogP contribution in [-0.2, 0) is 0 Å². The first-order chi connectivity index (χ1) is 12.4. The van der Waals surface area contributed by atoms with E-state index in [4.69, 9.17) is 9.47 Å². The second-order valence-electron chi connectivity index (χ2n) is 6.19. The lowest BCUT2D eigenvalue weighted by Gasteiger charge is -2.16. The number of hydrogen-bond donors (Lipinski definition) is 1. The third-order valence-corrected chi connectivity index (χ3v) is 4.37. The number of hydrogen-bond acceptors (Lipinski definition) is 3. The van der Waals surface area contributed by atoms with Crippen LogP contribution in [-0.4, -0.2) is 6.54 Å². The van der Waals surface area contributed by atoms with Gasteiger partial charge in [-0.2, -0.15) is 0 Å². The zero-order valence-corrected chi connectivity index (χ0v) is 15.2. The molecule has 26 heavy (non-hydrogen) atoms. The zero-order valence-electron chi connectivity index (χ0n) is 14.4. The Morgan fingerprint density at radius 1 is 0.731 bits per heavy atom. The van der Waals surface area contributed by atoms with Gasteiger partial charge in [0.25, 0.3) is 0 Å². The SMILES string of the molecule is Cl.c1ccc(Oc2ccc([C@H]3CCCN3)cc2Oc2ccccc2)cc1. The van der Waals surface area contributed by atoms with Crippen LogP contribution in [0, 0.1) is 0 Å². The second kappa shape index (κ2) is 8.75. The van der Waals surface area contributed by atoms with Crippen molar-refractivity contribution in [3.8, 4) is 23.0 Å². The van der Waals surface area contributed by atoms with E-state index in [-0.39, 0.29) is 12.4 Å². The summed E-state index contributed by atoms with van der Waals surface area (Å²) in [5, 5.41) is 3.54. The molecule has 3 aromatic carbocycles. The molecule has 0 saturated carbocycles. The van der Waals surface area contributed by atoms with E-state index in [0.29, 0.717) is 6.04 Å². The molecular formula is C22H22ClNO2. The van der Waals surface area contributed by atoms with E-state index >= 15 is 0 Å². The fraction of sp³-hybridized carbons (Fsp3) is 0.182. The molecule has 0 bridgehead atoms. The first kappa shape index (κ1) is 18.3. The summed E-state index contributed by atoms with van der Waals surface area (Å²) in [6, 6.07) is 26.2. The van der Waals surface area contributed by atoms with Gasteiger partial charge in [0.1, 0.15) is 11.5 Å². The summed E-state index contributed by atoms with van der Waals surface area (Å²) in [5.74, 6) is 3.06. The Morgan fingerprint density at radius 3 is 1.92 bits per heavy atom. The van der Waals surface area contributed by atoms with Gasteiger partial charge in [-0.25, -0.2) is 0 Å². The van der Waals surface area contributed by atoms with Crippen molar-refractivity contribution in [2.24, 2.45) is 0 Å². The second-order valence-corrected chi connectivity index (χ2v) is 6.19. The fourth-order valence-electron chi connectivity index (χ4n) is 3.11. The van der Waals surface area contributed by atoms with Gasteiger partial charge in [0.15, 0.2) is 11.5 Å². The highest BCUT2D eigenvalue weighted by Crippen LogP contribution is 2.38. The molecule has 1 aliphatic heterocycles. The minimum absolute atomic E-state index is 0. The molecule has 3 aromatic rings. The van der Waals surface area contributed by atoms with Gasteiger partial charge in [0.2, 0.25) is 0 Å². The Kier molecular flexibility index (Phi) is 6.16. The van der Waals surface area contributed by atoms with Crippen molar-refractivity contribution in [1.29, 1.82) is 0 Å². The molecule has 0 aromatic heterocycles. The first-order valence-corrected chi connectivity index (χ1v) is 8.72. The van der Waals surface area contributed by atoms with Crippen LogP contribution < -0.4 is 14.8 Å². The monoisotopic (exact) mass is 367 g/mol. The smallest absolute Gasteiger partial charge is 0.170 e. The molecule has 4 heteroatoms. The molecule has 0 aliphatic carbocycles. The van der Waals surface area contributed by atoms with Crippen LogP contribution >= 0.6 is 12.4 Å². The van der Waals surface area contributed by atoms with Gasteiger partial charge < -0.3 is 14.8 Å². The van der Waals surface area contributed by atoms with E-state index < -0.39 is 0 Å². The van der Waals surface area contributed by atoms with E-state index in [0.717, 1.165) is 36.0 Å². The number of nitrogens with one attached hydrogen (secondary N) is 1. The van der Waals surface area contributed by atoms with Crippen molar-refractivity contribution in [2.45, 2.75) is 18.9 Å². The third-order valence-electron chi connectivity index (χ3n) is 4.37. The average molecular weight is 368 g/mol. The molecule has 0 unspecified atom stereocenters. The molecule has 1 heterocycles. The van der Waals surface area contributed by atoms with Gasteiger partial charge in [-0.1, -0.05) is 42.5 Å². The van der Waals surface area contributed by atoms with Crippen molar-refractivity contribution in [3.05, 3.63) is 84.4 Å². The van der Waals surface area contributed by atoms with Crippen LogP contribution in [0.4, 0.5) is 0 Å². The molecular weight excluding hydrogens is 346 g/mol. The van der Waals surface area contributed by atoms with Crippen LogP contribution in [0.5, 0.6) is 23.0 Å². The van der Waals surface area contributed by atoms with Crippen molar-refractivity contribution in [3.63, 3.8) is 0 Å². The number of ether oxygens (including phenoxy) is 2. The van der Waals surface area contributed by atoms with Crippen molar-refractivity contribution in [1.82, 2.24) is 5.32 Å². The Morgan fingerprint density at radius 2 is 1.35 bits per heavy atom. The van der Waals surface area contributed by atoms with E-state index in [9.17, 15) is 0 Å². The molecule has 4 rings (SSSR count). The lowest BCUT2D eigenvalue weighted by atomic mass is 10.0. The third kappa shape index (κ3) is 4.37. The van der Waals surface area contributed by atoms with Crippen LogP contribution in [0.2, 0.25) is 0 Å². The standard InChI is InChI=1S/C22H21NO2.ClH/c1-3-8-18(9-4-1)24-21-14-13-17(20-12-7-15-23-20)16-22(21)25-19-10-5-2-6-11-19;/h1-6,8-11,13-14,16,20,23H,7,12,15H2;1H/t20-;/m1./s1. The fourth-order valence-corrected chi connectivity index (χ4v) is 3.11. The average Bonchev–Trinajstić information content (AvgIpc) is 3.20. The Balaban J connectivity index is 0.00000196. The van der Waals surface area contributed by atoms with Gasteiger partial charge in [-0.15, -0.1) is 12.4 Å². The molecule has 0 spiro atoms. The lowest BCUT2D eigenvalue weighted by molar-refractivity contribution is 0.417. The van der Waals surface area contributed by atoms with Gasteiger partial charge in [0, 0.05) is 6.04 Å². The van der Waals surface area contributed by atoms with Crippen molar-refractivity contribution in [2.75, 3.05) is 6.54 Å². The van der Waals surface area contributed by atoms with Gasteiger partial charge >= 0.3 is 0 Å². The van der Waals surface area contributed by atoms with E-state index in [1.807, 2.05) is 66.7 Å². The van der Waals surface area contributed by atoms with Gasteiger partial charge in [-0.3, -0.25) is 0 Å². The Bertz CT molecular complexity index is 818. The van der Waals surface area contributed by atoms with Crippen LogP contribution in [0.15, 0.2) is 78.9 Å². The quantitative estimate of drug-likeness (QED) is 0.589. The zero-order chi connectivity index (χ0) is 16.9. The predicted octanol–water partition coefficient (Wildman–Crippen LogP) is 6.12. The number of rotatable bonds is 5. The minimum Gasteiger partial charge on any atom is -0.453 e. The number of benzene rings is 3. The van der Waals surface area contributed by atoms with Crippen LogP contribution in [0.25, 0.3) is 0 Å². The molecule has 1 fully saturated rings. The van der Waals surface area contributed by atoms with Crippen molar-refractivity contribution >= 4 is 12.4 Å². The molecule has 1 N–H and O–H groups in total. The molecule has 3 nitrogen and oxygen atoms in total. The normalized spacial score (nSPS) is 15.9. The molecule has 0 radical (unpaired) electrons. The Hall–Kier alpha value is -2.49. The first-order valence-electron chi connectivity index (χ1n) is 8.72. The molecule has 1 saturated heterocycles. The maximum Gasteiger partial charge on any atom is 0.170 e. The summed E-state index contributed by atoms with van der Waals surface area (Å²) in [6.07, 6.45) is 2.37. The van der Waals surface area contributed by atoms with Gasteiger partial charge in [-0.05, 0) is 61.3 Å². The largest absolute Gasteiger partial charge is 0.453 e.